The monoisotopic (exact) mass is 314 g/mol. The fraction of sp³-hybridized carbons (Fsp3) is 0.632. The van der Waals surface area contributed by atoms with Crippen LogP contribution in [0.15, 0.2) is 18.2 Å². The number of carbonyl (C=O) groups is 1. The van der Waals surface area contributed by atoms with E-state index in [1.54, 1.807) is 0 Å². The zero-order valence-electron chi connectivity index (χ0n) is 13.6. The van der Waals surface area contributed by atoms with Crippen LogP contribution in [0.4, 0.5) is 0 Å². The molecule has 124 valence electrons. The number of fused-ring (bicyclic) bond motifs is 3. The van der Waals surface area contributed by atoms with E-state index >= 15 is 0 Å². The lowest BCUT2D eigenvalue weighted by molar-refractivity contribution is 0.0951. The first-order valence-electron chi connectivity index (χ1n) is 9.07. The molecule has 3 aliphatic rings. The first-order chi connectivity index (χ1) is 11.3. The molecule has 0 radical (unpaired) electrons. The van der Waals surface area contributed by atoms with Crippen LogP contribution in [0.5, 0.6) is 5.75 Å². The molecule has 2 atom stereocenters. The van der Waals surface area contributed by atoms with Crippen LogP contribution in [0.2, 0.25) is 0 Å². The van der Waals surface area contributed by atoms with E-state index in [2.05, 4.69) is 22.8 Å². The van der Waals surface area contributed by atoms with Crippen LogP contribution >= 0.6 is 0 Å². The van der Waals surface area contributed by atoms with Gasteiger partial charge < -0.3 is 15.4 Å². The number of carbonyl (C=O) groups excluding carboxylic acids is 1. The Morgan fingerprint density at radius 1 is 1.09 bits per heavy atom. The molecule has 4 nitrogen and oxygen atoms in total. The summed E-state index contributed by atoms with van der Waals surface area (Å²) in [5.41, 5.74) is 1.99. The topological polar surface area (TPSA) is 50.4 Å². The van der Waals surface area contributed by atoms with E-state index in [1.165, 1.54) is 37.7 Å². The number of hydrogen-bond acceptors (Lipinski definition) is 3. The van der Waals surface area contributed by atoms with Gasteiger partial charge in [-0.3, -0.25) is 4.79 Å². The van der Waals surface area contributed by atoms with Crippen LogP contribution in [-0.4, -0.2) is 32.1 Å². The predicted molar refractivity (Wildman–Crippen MR) is 89.9 cm³/mol. The minimum absolute atomic E-state index is 0.0533. The fourth-order valence-corrected chi connectivity index (χ4v) is 4.34. The Labute approximate surface area is 138 Å². The molecular formula is C19H26N2O2. The highest BCUT2D eigenvalue weighted by Crippen LogP contribution is 2.34. The van der Waals surface area contributed by atoms with E-state index in [0.29, 0.717) is 17.8 Å². The maximum Gasteiger partial charge on any atom is 0.251 e. The second-order valence-corrected chi connectivity index (χ2v) is 7.30. The van der Waals surface area contributed by atoms with E-state index in [0.717, 1.165) is 37.6 Å². The van der Waals surface area contributed by atoms with Crippen molar-refractivity contribution in [3.05, 3.63) is 29.3 Å². The van der Waals surface area contributed by atoms with Crippen LogP contribution in [0.3, 0.4) is 0 Å². The lowest BCUT2D eigenvalue weighted by Gasteiger charge is -2.22. The summed E-state index contributed by atoms with van der Waals surface area (Å²) in [7, 11) is 0. The molecule has 2 heterocycles. The molecule has 0 unspecified atom stereocenters. The van der Waals surface area contributed by atoms with Gasteiger partial charge in [-0.1, -0.05) is 25.3 Å². The van der Waals surface area contributed by atoms with E-state index in [9.17, 15) is 4.79 Å². The first-order valence-corrected chi connectivity index (χ1v) is 9.07. The van der Waals surface area contributed by atoms with Gasteiger partial charge in [0.1, 0.15) is 5.75 Å². The van der Waals surface area contributed by atoms with Crippen molar-refractivity contribution in [2.24, 2.45) is 11.8 Å². The Morgan fingerprint density at radius 3 is 2.83 bits per heavy atom. The molecule has 2 aliphatic heterocycles. The Kier molecular flexibility index (Phi) is 4.25. The summed E-state index contributed by atoms with van der Waals surface area (Å²) in [4.78, 5) is 12.4. The molecule has 0 bridgehead atoms. The summed E-state index contributed by atoms with van der Waals surface area (Å²) in [5, 5.41) is 6.52. The number of hydrogen-bond donors (Lipinski definition) is 2. The van der Waals surface area contributed by atoms with Gasteiger partial charge in [0.05, 0.1) is 6.61 Å². The second kappa shape index (κ2) is 6.52. The summed E-state index contributed by atoms with van der Waals surface area (Å²) in [6.45, 7) is 3.51. The number of ether oxygens (including phenoxy) is 1. The molecule has 4 rings (SSSR count). The molecule has 1 amide bonds. The molecule has 1 aromatic rings. The summed E-state index contributed by atoms with van der Waals surface area (Å²) in [5.74, 6) is 2.52. The van der Waals surface area contributed by atoms with Crippen molar-refractivity contribution in [1.82, 2.24) is 10.6 Å². The quantitative estimate of drug-likeness (QED) is 0.902. The zero-order valence-corrected chi connectivity index (χ0v) is 13.6. The van der Waals surface area contributed by atoms with Gasteiger partial charge in [-0.25, -0.2) is 0 Å². The standard InChI is InChI=1S/C19H26N2O2/c22-19-17-8-15(23-12-13-4-2-1-3-5-13)6-7-16(17)18-11-20-9-14(18)10-21-19/h6-8,13-14,18,20H,1-5,9-12H2,(H,21,22)/t14-,18+/m1/s1. The smallest absolute Gasteiger partial charge is 0.251 e. The third-order valence-electron chi connectivity index (χ3n) is 5.74. The SMILES string of the molecule is O=C1NC[C@H]2CNC[C@@H]2c2ccc(OCC3CCCCC3)cc21. The average molecular weight is 314 g/mol. The molecule has 1 aliphatic carbocycles. The maximum absolute atomic E-state index is 12.4. The van der Waals surface area contributed by atoms with Gasteiger partial charge >= 0.3 is 0 Å². The lowest BCUT2D eigenvalue weighted by Crippen LogP contribution is -2.28. The van der Waals surface area contributed by atoms with Gasteiger partial charge in [-0.2, -0.15) is 0 Å². The van der Waals surface area contributed by atoms with Crippen molar-refractivity contribution in [2.45, 2.75) is 38.0 Å². The van der Waals surface area contributed by atoms with Gasteiger partial charge in [0.2, 0.25) is 0 Å². The van der Waals surface area contributed by atoms with Gasteiger partial charge in [0.25, 0.3) is 5.91 Å². The summed E-state index contributed by atoms with van der Waals surface area (Å²) in [6.07, 6.45) is 6.58. The van der Waals surface area contributed by atoms with Crippen molar-refractivity contribution < 1.29 is 9.53 Å². The van der Waals surface area contributed by atoms with E-state index < -0.39 is 0 Å². The molecule has 4 heteroatoms. The van der Waals surface area contributed by atoms with Crippen molar-refractivity contribution >= 4 is 5.91 Å². The van der Waals surface area contributed by atoms with Gasteiger partial charge in [0, 0.05) is 31.1 Å². The molecule has 1 aromatic carbocycles. The fourth-order valence-electron chi connectivity index (χ4n) is 4.34. The summed E-state index contributed by atoms with van der Waals surface area (Å²) >= 11 is 0. The highest BCUT2D eigenvalue weighted by atomic mass is 16.5. The second-order valence-electron chi connectivity index (χ2n) is 7.30. The van der Waals surface area contributed by atoms with Crippen molar-refractivity contribution in [1.29, 1.82) is 0 Å². The number of amides is 1. The van der Waals surface area contributed by atoms with Crippen molar-refractivity contribution in [3.8, 4) is 5.75 Å². The third kappa shape index (κ3) is 3.09. The molecule has 1 saturated heterocycles. The van der Waals surface area contributed by atoms with Gasteiger partial charge in [0.15, 0.2) is 0 Å². The molecule has 23 heavy (non-hydrogen) atoms. The Balaban J connectivity index is 1.51. The number of rotatable bonds is 3. The minimum Gasteiger partial charge on any atom is -0.493 e. The maximum atomic E-state index is 12.4. The van der Waals surface area contributed by atoms with Gasteiger partial charge in [-0.05, 0) is 42.4 Å². The Morgan fingerprint density at radius 2 is 1.96 bits per heavy atom. The van der Waals surface area contributed by atoms with E-state index in [1.807, 2.05) is 6.07 Å². The van der Waals surface area contributed by atoms with Crippen molar-refractivity contribution in [2.75, 3.05) is 26.2 Å². The van der Waals surface area contributed by atoms with Crippen LogP contribution < -0.4 is 15.4 Å². The molecule has 1 saturated carbocycles. The first kappa shape index (κ1) is 15.0. The number of benzene rings is 1. The average Bonchev–Trinajstić information content (AvgIpc) is 3.02. The van der Waals surface area contributed by atoms with Gasteiger partial charge in [-0.15, -0.1) is 0 Å². The largest absolute Gasteiger partial charge is 0.493 e. The summed E-state index contributed by atoms with van der Waals surface area (Å²) < 4.78 is 6.02. The van der Waals surface area contributed by atoms with Crippen LogP contribution in [0, 0.1) is 11.8 Å². The van der Waals surface area contributed by atoms with Crippen LogP contribution in [-0.2, 0) is 0 Å². The highest BCUT2D eigenvalue weighted by Gasteiger charge is 2.34. The zero-order chi connectivity index (χ0) is 15.6. The van der Waals surface area contributed by atoms with E-state index in [-0.39, 0.29) is 5.91 Å². The Hall–Kier alpha value is -1.55. The molecule has 2 N–H and O–H groups in total. The van der Waals surface area contributed by atoms with Crippen molar-refractivity contribution in [3.63, 3.8) is 0 Å². The van der Waals surface area contributed by atoms with Crippen LogP contribution in [0.25, 0.3) is 0 Å². The minimum atomic E-state index is 0.0533. The summed E-state index contributed by atoms with van der Waals surface area (Å²) in [6, 6.07) is 6.12. The molecule has 0 aromatic heterocycles. The predicted octanol–water partition coefficient (Wildman–Crippen LogP) is 2.69. The number of nitrogens with one attached hydrogen (secondary N) is 2. The highest BCUT2D eigenvalue weighted by molar-refractivity contribution is 5.96. The molecule has 2 fully saturated rings. The molecular weight excluding hydrogens is 288 g/mol. The van der Waals surface area contributed by atoms with Crippen LogP contribution in [0.1, 0.15) is 53.9 Å². The lowest BCUT2D eigenvalue weighted by atomic mass is 9.87. The normalized spacial score (nSPS) is 27.7. The molecule has 0 spiro atoms. The third-order valence-corrected chi connectivity index (χ3v) is 5.74. The van der Waals surface area contributed by atoms with E-state index in [4.69, 9.17) is 4.74 Å². The Bertz CT molecular complexity index is 581.